The van der Waals surface area contributed by atoms with Crippen LogP contribution >= 0.6 is 0 Å². The lowest BCUT2D eigenvalue weighted by atomic mass is 10.1. The lowest BCUT2D eigenvalue weighted by Gasteiger charge is -2.35. The minimum atomic E-state index is -1.16. The summed E-state index contributed by atoms with van der Waals surface area (Å²) in [7, 11) is 0. The molecule has 19 heavy (non-hydrogen) atoms. The van der Waals surface area contributed by atoms with Gasteiger partial charge in [-0.2, -0.15) is 0 Å². The molecule has 0 aromatic heterocycles. The number of carbonyl (C=O) groups excluding carboxylic acids is 1. The molecule has 1 atom stereocenters. The van der Waals surface area contributed by atoms with Crippen LogP contribution < -0.4 is 10.2 Å². The number of anilines is 2. The minimum Gasteiger partial charge on any atom is -0.365 e. The van der Waals surface area contributed by atoms with Gasteiger partial charge >= 0.3 is 0 Å². The van der Waals surface area contributed by atoms with Crippen molar-refractivity contribution in [3.63, 3.8) is 0 Å². The van der Waals surface area contributed by atoms with Crippen LogP contribution in [0.4, 0.5) is 11.4 Å². The first-order valence-corrected chi connectivity index (χ1v) is 6.14. The summed E-state index contributed by atoms with van der Waals surface area (Å²) in [5, 5.41) is 12.8. The van der Waals surface area contributed by atoms with Crippen LogP contribution in [-0.2, 0) is 11.3 Å². The zero-order valence-corrected chi connectivity index (χ0v) is 10.3. The fourth-order valence-electron chi connectivity index (χ4n) is 2.25. The molecule has 3 rings (SSSR count). The summed E-state index contributed by atoms with van der Waals surface area (Å²) in [6.07, 6.45) is -1.16. The zero-order valence-electron chi connectivity index (χ0n) is 10.3. The fraction of sp³-hybridized carbons (Fsp3) is 0.133. The van der Waals surface area contributed by atoms with E-state index in [1.54, 1.807) is 4.90 Å². The Kier molecular flexibility index (Phi) is 2.93. The van der Waals surface area contributed by atoms with Crippen molar-refractivity contribution in [2.24, 2.45) is 0 Å². The standard InChI is InChI=1S/C15H14N2O2/c18-14-15(19)17(10-11-6-2-1-3-7-11)13-9-5-4-8-12(13)16-14/h1-9,15,19H,10H2,(H,16,18)/t15-/m0/s1. The molecule has 0 spiro atoms. The van der Waals surface area contributed by atoms with Crippen LogP contribution in [0.3, 0.4) is 0 Å². The van der Waals surface area contributed by atoms with Gasteiger partial charge in [0.15, 0.2) is 0 Å². The summed E-state index contributed by atoms with van der Waals surface area (Å²) in [4.78, 5) is 13.5. The lowest BCUT2D eigenvalue weighted by Crippen LogP contribution is -2.47. The van der Waals surface area contributed by atoms with Gasteiger partial charge in [-0.1, -0.05) is 42.5 Å². The summed E-state index contributed by atoms with van der Waals surface area (Å²) in [5.74, 6) is -0.394. The van der Waals surface area contributed by atoms with Gasteiger partial charge in [-0.25, -0.2) is 0 Å². The maximum absolute atomic E-state index is 11.8. The first-order chi connectivity index (χ1) is 9.25. The molecule has 0 saturated carbocycles. The number of amides is 1. The zero-order chi connectivity index (χ0) is 13.2. The summed E-state index contributed by atoms with van der Waals surface area (Å²) >= 11 is 0. The highest BCUT2D eigenvalue weighted by atomic mass is 16.3. The second-order valence-corrected chi connectivity index (χ2v) is 4.49. The minimum absolute atomic E-state index is 0.394. The highest BCUT2D eigenvalue weighted by Gasteiger charge is 2.30. The van der Waals surface area contributed by atoms with Crippen LogP contribution in [0.5, 0.6) is 0 Å². The van der Waals surface area contributed by atoms with E-state index in [4.69, 9.17) is 0 Å². The van der Waals surface area contributed by atoms with Crippen molar-refractivity contribution in [3.8, 4) is 0 Å². The number of aliphatic hydroxyl groups is 1. The summed E-state index contributed by atoms with van der Waals surface area (Å²) in [6.45, 7) is 0.492. The van der Waals surface area contributed by atoms with Crippen LogP contribution in [0.2, 0.25) is 0 Å². The molecule has 0 unspecified atom stereocenters. The topological polar surface area (TPSA) is 52.6 Å². The van der Waals surface area contributed by atoms with Crippen LogP contribution in [0.15, 0.2) is 54.6 Å². The van der Waals surface area contributed by atoms with Gasteiger partial charge in [-0.15, -0.1) is 0 Å². The van der Waals surface area contributed by atoms with Crippen LogP contribution in [-0.4, -0.2) is 17.2 Å². The summed E-state index contributed by atoms with van der Waals surface area (Å²) < 4.78 is 0. The number of hydrogen-bond donors (Lipinski definition) is 2. The third kappa shape index (κ3) is 2.18. The number of carbonyl (C=O) groups is 1. The van der Waals surface area contributed by atoms with Gasteiger partial charge in [0, 0.05) is 6.54 Å². The molecule has 2 N–H and O–H groups in total. The maximum Gasteiger partial charge on any atom is 0.274 e. The smallest absolute Gasteiger partial charge is 0.274 e. The highest BCUT2D eigenvalue weighted by Crippen LogP contribution is 2.32. The molecule has 4 heteroatoms. The first-order valence-electron chi connectivity index (χ1n) is 6.14. The predicted molar refractivity (Wildman–Crippen MR) is 73.7 cm³/mol. The Morgan fingerprint density at radius 1 is 1.05 bits per heavy atom. The molecule has 1 aliphatic heterocycles. The van der Waals surface area contributed by atoms with Gasteiger partial charge < -0.3 is 15.3 Å². The van der Waals surface area contributed by atoms with Crippen molar-refractivity contribution >= 4 is 17.3 Å². The largest absolute Gasteiger partial charge is 0.365 e. The monoisotopic (exact) mass is 254 g/mol. The molecule has 4 nitrogen and oxygen atoms in total. The maximum atomic E-state index is 11.8. The average Bonchev–Trinajstić information content (AvgIpc) is 2.45. The van der Waals surface area contributed by atoms with E-state index in [1.807, 2.05) is 54.6 Å². The molecule has 0 radical (unpaired) electrons. The van der Waals surface area contributed by atoms with Crippen molar-refractivity contribution < 1.29 is 9.90 Å². The third-order valence-corrected chi connectivity index (χ3v) is 3.20. The Morgan fingerprint density at radius 2 is 1.74 bits per heavy atom. The van der Waals surface area contributed by atoms with Gasteiger partial charge in [0.1, 0.15) is 0 Å². The molecule has 0 saturated heterocycles. The first kappa shape index (κ1) is 11.7. The van der Waals surface area contributed by atoms with E-state index >= 15 is 0 Å². The molecule has 1 amide bonds. The van der Waals surface area contributed by atoms with Crippen molar-refractivity contribution in [3.05, 3.63) is 60.2 Å². The van der Waals surface area contributed by atoms with Crippen LogP contribution in [0.1, 0.15) is 5.56 Å². The van der Waals surface area contributed by atoms with Gasteiger partial charge in [0.05, 0.1) is 11.4 Å². The molecule has 0 bridgehead atoms. The Hall–Kier alpha value is -2.33. The molecule has 2 aromatic rings. The van der Waals surface area contributed by atoms with Gasteiger partial charge in [0.2, 0.25) is 6.23 Å². The number of nitrogens with zero attached hydrogens (tertiary/aromatic N) is 1. The number of hydrogen-bond acceptors (Lipinski definition) is 3. The molecular weight excluding hydrogens is 240 g/mol. The summed E-state index contributed by atoms with van der Waals surface area (Å²) in [6, 6.07) is 17.2. The van der Waals surface area contributed by atoms with E-state index in [9.17, 15) is 9.90 Å². The van der Waals surface area contributed by atoms with Crippen molar-refractivity contribution in [2.45, 2.75) is 12.8 Å². The van der Waals surface area contributed by atoms with Crippen molar-refractivity contribution in [1.29, 1.82) is 0 Å². The van der Waals surface area contributed by atoms with E-state index in [0.29, 0.717) is 6.54 Å². The van der Waals surface area contributed by atoms with Gasteiger partial charge in [-0.05, 0) is 17.7 Å². The Bertz CT molecular complexity index is 598. The Morgan fingerprint density at radius 3 is 2.53 bits per heavy atom. The van der Waals surface area contributed by atoms with E-state index in [1.165, 1.54) is 0 Å². The van der Waals surface area contributed by atoms with Crippen LogP contribution in [0.25, 0.3) is 0 Å². The number of aliphatic hydroxyl groups excluding tert-OH is 1. The lowest BCUT2D eigenvalue weighted by molar-refractivity contribution is -0.124. The quantitative estimate of drug-likeness (QED) is 0.861. The Balaban J connectivity index is 1.97. The second kappa shape index (κ2) is 4.74. The average molecular weight is 254 g/mol. The molecular formula is C15H14N2O2. The highest BCUT2D eigenvalue weighted by molar-refractivity contribution is 6.02. The van der Waals surface area contributed by atoms with Gasteiger partial charge in [0.25, 0.3) is 5.91 Å². The fourth-order valence-corrected chi connectivity index (χ4v) is 2.25. The molecule has 2 aromatic carbocycles. The Labute approximate surface area is 111 Å². The molecule has 1 heterocycles. The molecule has 1 aliphatic rings. The second-order valence-electron chi connectivity index (χ2n) is 4.49. The third-order valence-electron chi connectivity index (χ3n) is 3.20. The van der Waals surface area contributed by atoms with Crippen molar-refractivity contribution in [2.75, 3.05) is 10.2 Å². The van der Waals surface area contributed by atoms with E-state index in [0.717, 1.165) is 16.9 Å². The summed E-state index contributed by atoms with van der Waals surface area (Å²) in [5.41, 5.74) is 2.61. The predicted octanol–water partition coefficient (Wildman–Crippen LogP) is 1.96. The number of para-hydroxylation sites is 2. The van der Waals surface area contributed by atoms with E-state index in [-0.39, 0.29) is 0 Å². The number of benzene rings is 2. The van der Waals surface area contributed by atoms with Crippen LogP contribution in [0, 0.1) is 0 Å². The molecule has 96 valence electrons. The normalized spacial score (nSPS) is 17.8. The number of nitrogens with one attached hydrogen (secondary N) is 1. The van der Waals surface area contributed by atoms with Crippen molar-refractivity contribution in [1.82, 2.24) is 0 Å². The number of fused-ring (bicyclic) bond motifs is 1. The SMILES string of the molecule is O=C1Nc2ccccc2N(Cc2ccccc2)[C@H]1O. The van der Waals surface area contributed by atoms with E-state index in [2.05, 4.69) is 5.32 Å². The molecule has 0 aliphatic carbocycles. The van der Waals surface area contributed by atoms with Gasteiger partial charge in [-0.3, -0.25) is 4.79 Å². The van der Waals surface area contributed by atoms with E-state index < -0.39 is 12.1 Å². The molecule has 0 fully saturated rings. The number of rotatable bonds is 2.